The van der Waals surface area contributed by atoms with E-state index in [2.05, 4.69) is 0 Å². The summed E-state index contributed by atoms with van der Waals surface area (Å²) >= 11 is 0. The van der Waals surface area contributed by atoms with Crippen molar-refractivity contribution in [3.63, 3.8) is 0 Å². The first-order chi connectivity index (χ1) is 9.20. The van der Waals surface area contributed by atoms with Gasteiger partial charge in [0.25, 0.3) is 5.91 Å². The zero-order chi connectivity index (χ0) is 13.7. The van der Waals surface area contributed by atoms with E-state index in [1.165, 1.54) is 6.42 Å². The summed E-state index contributed by atoms with van der Waals surface area (Å²) in [6, 6.07) is 6.78. The molecule has 4 heteroatoms. The molecule has 1 heterocycles. The highest BCUT2D eigenvalue weighted by molar-refractivity contribution is 5.94. The zero-order valence-corrected chi connectivity index (χ0v) is 11.2. The molecule has 0 spiro atoms. The largest absolute Gasteiger partial charge is 0.427 e. The number of hydrogen-bond acceptors (Lipinski definition) is 3. The lowest BCUT2D eigenvalue weighted by molar-refractivity contribution is -0.134. The van der Waals surface area contributed by atoms with Crippen LogP contribution in [-0.4, -0.2) is 29.9 Å². The van der Waals surface area contributed by atoms with Crippen molar-refractivity contribution in [1.82, 2.24) is 4.90 Å². The Bertz CT molecular complexity index is 447. The van der Waals surface area contributed by atoms with Gasteiger partial charge in [-0.05, 0) is 43.5 Å². The fraction of sp³-hybridized carbons (Fsp3) is 0.467. The van der Waals surface area contributed by atoms with Gasteiger partial charge in [-0.15, -0.1) is 0 Å². The van der Waals surface area contributed by atoms with Crippen LogP contribution in [0.1, 0.15) is 43.0 Å². The van der Waals surface area contributed by atoms with Crippen LogP contribution in [-0.2, 0) is 4.79 Å². The van der Waals surface area contributed by atoms with Crippen molar-refractivity contribution >= 4 is 11.9 Å². The Balaban J connectivity index is 2.01. The number of benzene rings is 1. The predicted molar refractivity (Wildman–Crippen MR) is 72.1 cm³/mol. The van der Waals surface area contributed by atoms with E-state index in [1.807, 2.05) is 4.90 Å². The molecule has 102 valence electrons. The smallest absolute Gasteiger partial charge is 0.310 e. The molecule has 0 bridgehead atoms. The Labute approximate surface area is 113 Å². The second-order valence-electron chi connectivity index (χ2n) is 4.70. The highest BCUT2D eigenvalue weighted by Gasteiger charge is 2.18. The second kappa shape index (κ2) is 6.36. The predicted octanol–water partition coefficient (Wildman–Crippen LogP) is 2.63. The monoisotopic (exact) mass is 261 g/mol. The number of ether oxygens (including phenoxy) is 1. The molecule has 1 amide bonds. The molecule has 1 aromatic rings. The number of carbonyl (C=O) groups excluding carboxylic acids is 2. The molecule has 19 heavy (non-hydrogen) atoms. The van der Waals surface area contributed by atoms with E-state index >= 15 is 0 Å². The maximum Gasteiger partial charge on any atom is 0.310 e. The molecule has 0 saturated carbocycles. The molecule has 2 rings (SSSR count). The summed E-state index contributed by atoms with van der Waals surface area (Å²) in [7, 11) is 0. The molecular weight excluding hydrogens is 242 g/mol. The average Bonchev–Trinajstić information content (AvgIpc) is 2.48. The topological polar surface area (TPSA) is 46.6 Å². The molecule has 0 aliphatic carbocycles. The van der Waals surface area contributed by atoms with Crippen LogP contribution in [0, 0.1) is 0 Å². The maximum absolute atomic E-state index is 12.2. The van der Waals surface area contributed by atoms with Crippen molar-refractivity contribution in [2.75, 3.05) is 13.1 Å². The van der Waals surface area contributed by atoms with E-state index in [-0.39, 0.29) is 11.9 Å². The van der Waals surface area contributed by atoms with Crippen molar-refractivity contribution in [2.45, 2.75) is 32.6 Å². The Kier molecular flexibility index (Phi) is 4.55. The first-order valence-corrected chi connectivity index (χ1v) is 6.80. The lowest BCUT2D eigenvalue weighted by Crippen LogP contribution is -2.35. The fourth-order valence-corrected chi connectivity index (χ4v) is 2.15. The highest BCUT2D eigenvalue weighted by atomic mass is 16.5. The van der Waals surface area contributed by atoms with Crippen LogP contribution in [0.3, 0.4) is 0 Å². The van der Waals surface area contributed by atoms with Crippen LogP contribution < -0.4 is 4.74 Å². The Morgan fingerprint density at radius 1 is 1.11 bits per heavy atom. The lowest BCUT2D eigenvalue weighted by Gasteiger charge is -2.26. The van der Waals surface area contributed by atoms with E-state index < -0.39 is 0 Å². The van der Waals surface area contributed by atoms with Gasteiger partial charge in [-0.2, -0.15) is 0 Å². The quantitative estimate of drug-likeness (QED) is 0.620. The average molecular weight is 261 g/mol. The van der Waals surface area contributed by atoms with E-state index in [4.69, 9.17) is 4.74 Å². The molecule has 0 aromatic heterocycles. The molecule has 1 aliphatic heterocycles. The van der Waals surface area contributed by atoms with Gasteiger partial charge in [-0.25, -0.2) is 0 Å². The summed E-state index contributed by atoms with van der Waals surface area (Å²) in [4.78, 5) is 25.2. The molecule has 4 nitrogen and oxygen atoms in total. The summed E-state index contributed by atoms with van der Waals surface area (Å²) in [6.07, 6.45) is 3.71. The van der Waals surface area contributed by atoms with Crippen molar-refractivity contribution < 1.29 is 14.3 Å². The van der Waals surface area contributed by atoms with Gasteiger partial charge in [0, 0.05) is 25.1 Å². The minimum absolute atomic E-state index is 0.0630. The van der Waals surface area contributed by atoms with Gasteiger partial charge in [0.2, 0.25) is 0 Å². The van der Waals surface area contributed by atoms with Gasteiger partial charge in [-0.3, -0.25) is 9.59 Å². The second-order valence-corrected chi connectivity index (χ2v) is 4.70. The minimum Gasteiger partial charge on any atom is -0.427 e. The van der Waals surface area contributed by atoms with Crippen molar-refractivity contribution in [3.05, 3.63) is 29.8 Å². The highest BCUT2D eigenvalue weighted by Crippen LogP contribution is 2.17. The van der Waals surface area contributed by atoms with Crippen LogP contribution in [0.25, 0.3) is 0 Å². The third-order valence-electron chi connectivity index (χ3n) is 3.26. The number of rotatable bonds is 3. The van der Waals surface area contributed by atoms with Crippen LogP contribution >= 0.6 is 0 Å². The SMILES string of the molecule is CCC(=O)Oc1ccc(C(=O)N2CCCCC2)cc1. The third-order valence-corrected chi connectivity index (χ3v) is 3.26. The number of likely N-dealkylation sites (tertiary alicyclic amines) is 1. The molecule has 1 saturated heterocycles. The molecular formula is C15H19NO3. The van der Waals surface area contributed by atoms with Crippen LogP contribution in [0.15, 0.2) is 24.3 Å². The molecule has 0 radical (unpaired) electrons. The third kappa shape index (κ3) is 3.56. The first-order valence-electron chi connectivity index (χ1n) is 6.80. The van der Waals surface area contributed by atoms with Crippen molar-refractivity contribution in [2.24, 2.45) is 0 Å². The summed E-state index contributed by atoms with van der Waals surface area (Å²) in [5.41, 5.74) is 0.651. The summed E-state index contributed by atoms with van der Waals surface area (Å²) in [6.45, 7) is 3.42. The van der Waals surface area contributed by atoms with Crippen LogP contribution in [0.2, 0.25) is 0 Å². The fourth-order valence-electron chi connectivity index (χ4n) is 2.15. The summed E-state index contributed by atoms with van der Waals surface area (Å²) in [5, 5.41) is 0. The minimum atomic E-state index is -0.268. The van der Waals surface area contributed by atoms with Gasteiger partial charge >= 0.3 is 5.97 Å². The maximum atomic E-state index is 12.2. The molecule has 1 aromatic carbocycles. The number of nitrogens with zero attached hydrogens (tertiary/aromatic N) is 1. The van der Waals surface area contributed by atoms with Crippen LogP contribution in [0.5, 0.6) is 5.75 Å². The molecule has 1 aliphatic rings. The Morgan fingerprint density at radius 2 is 1.74 bits per heavy atom. The molecule has 0 atom stereocenters. The Hall–Kier alpha value is -1.84. The number of piperidine rings is 1. The van der Waals surface area contributed by atoms with Gasteiger partial charge in [0.15, 0.2) is 0 Å². The van der Waals surface area contributed by atoms with E-state index in [9.17, 15) is 9.59 Å². The lowest BCUT2D eigenvalue weighted by atomic mass is 10.1. The normalized spacial score (nSPS) is 15.1. The summed E-state index contributed by atoms with van der Waals surface area (Å²) in [5.74, 6) is 0.283. The van der Waals surface area contributed by atoms with Gasteiger partial charge < -0.3 is 9.64 Å². The van der Waals surface area contributed by atoms with Gasteiger partial charge in [0.1, 0.15) is 5.75 Å². The van der Waals surface area contributed by atoms with Crippen molar-refractivity contribution in [1.29, 1.82) is 0 Å². The standard InChI is InChI=1S/C15H19NO3/c1-2-14(17)19-13-8-6-12(7-9-13)15(18)16-10-4-3-5-11-16/h6-9H,2-5,10-11H2,1H3. The van der Waals surface area contributed by atoms with E-state index in [1.54, 1.807) is 31.2 Å². The van der Waals surface area contributed by atoms with Crippen molar-refractivity contribution in [3.8, 4) is 5.75 Å². The first kappa shape index (κ1) is 13.6. The number of esters is 1. The summed E-state index contributed by atoms with van der Waals surface area (Å²) < 4.78 is 5.08. The van der Waals surface area contributed by atoms with E-state index in [0.717, 1.165) is 25.9 Å². The van der Waals surface area contributed by atoms with Crippen LogP contribution in [0.4, 0.5) is 0 Å². The molecule has 0 unspecified atom stereocenters. The number of carbonyl (C=O) groups is 2. The molecule has 1 fully saturated rings. The van der Waals surface area contributed by atoms with E-state index in [0.29, 0.717) is 17.7 Å². The zero-order valence-electron chi connectivity index (χ0n) is 11.2. The van der Waals surface area contributed by atoms with Gasteiger partial charge in [0.05, 0.1) is 0 Å². The van der Waals surface area contributed by atoms with Gasteiger partial charge in [-0.1, -0.05) is 6.92 Å². The Morgan fingerprint density at radius 3 is 2.32 bits per heavy atom. The number of amides is 1. The number of hydrogen-bond donors (Lipinski definition) is 0. The molecule has 0 N–H and O–H groups in total.